The van der Waals surface area contributed by atoms with Gasteiger partial charge in [-0.1, -0.05) is 0 Å². The predicted octanol–water partition coefficient (Wildman–Crippen LogP) is -0.0326. The van der Waals surface area contributed by atoms with Crippen molar-refractivity contribution in [1.82, 2.24) is 10.3 Å². The van der Waals surface area contributed by atoms with E-state index in [1.54, 1.807) is 0 Å². The molecule has 0 spiro atoms. The molecule has 1 fully saturated rings. The lowest BCUT2D eigenvalue weighted by atomic mass is 10.1. The SMILES string of the molecule is Nc1nccc(C(=O)NCC2CCS(=O)(=O)C2)c1F. The van der Waals surface area contributed by atoms with Crippen molar-refractivity contribution >= 4 is 21.6 Å². The van der Waals surface area contributed by atoms with E-state index in [-0.39, 0.29) is 35.3 Å². The Balaban J connectivity index is 1.97. The molecule has 0 aromatic carbocycles. The summed E-state index contributed by atoms with van der Waals surface area (Å²) in [5, 5.41) is 2.52. The van der Waals surface area contributed by atoms with E-state index in [4.69, 9.17) is 5.73 Å². The molecular weight excluding hydrogens is 273 g/mol. The van der Waals surface area contributed by atoms with Crippen LogP contribution in [0.1, 0.15) is 16.8 Å². The maximum Gasteiger partial charge on any atom is 0.254 e. The monoisotopic (exact) mass is 287 g/mol. The molecule has 1 saturated heterocycles. The summed E-state index contributed by atoms with van der Waals surface area (Å²) in [6.07, 6.45) is 1.76. The van der Waals surface area contributed by atoms with Crippen LogP contribution in [0.2, 0.25) is 0 Å². The molecule has 1 aromatic rings. The minimum atomic E-state index is -2.98. The van der Waals surface area contributed by atoms with Gasteiger partial charge in [-0.3, -0.25) is 4.79 Å². The first-order valence-corrected chi connectivity index (χ1v) is 7.60. The molecule has 0 bridgehead atoms. The number of nitrogen functional groups attached to an aromatic ring is 1. The van der Waals surface area contributed by atoms with Gasteiger partial charge in [0.15, 0.2) is 21.5 Å². The summed E-state index contributed by atoms with van der Waals surface area (Å²) in [6, 6.07) is 1.23. The summed E-state index contributed by atoms with van der Waals surface area (Å²) in [7, 11) is -2.98. The quantitative estimate of drug-likeness (QED) is 0.812. The maximum atomic E-state index is 13.5. The van der Waals surface area contributed by atoms with Gasteiger partial charge in [0.05, 0.1) is 17.1 Å². The fourth-order valence-electron chi connectivity index (χ4n) is 2.00. The zero-order valence-electron chi connectivity index (χ0n) is 10.1. The molecule has 3 N–H and O–H groups in total. The highest BCUT2D eigenvalue weighted by atomic mass is 32.2. The molecule has 2 rings (SSSR count). The number of hydrogen-bond donors (Lipinski definition) is 2. The Morgan fingerprint density at radius 2 is 2.32 bits per heavy atom. The van der Waals surface area contributed by atoms with Gasteiger partial charge in [0, 0.05) is 12.7 Å². The van der Waals surface area contributed by atoms with Gasteiger partial charge in [-0.2, -0.15) is 0 Å². The second-order valence-corrected chi connectivity index (χ2v) is 6.77. The normalized spacial score (nSPS) is 21.2. The largest absolute Gasteiger partial charge is 0.381 e. The highest BCUT2D eigenvalue weighted by molar-refractivity contribution is 7.91. The number of nitrogens with two attached hydrogens (primary N) is 1. The number of hydrogen-bond acceptors (Lipinski definition) is 5. The lowest BCUT2D eigenvalue weighted by Gasteiger charge is -2.10. The van der Waals surface area contributed by atoms with Crippen LogP contribution < -0.4 is 11.1 Å². The number of nitrogens with one attached hydrogen (secondary N) is 1. The van der Waals surface area contributed by atoms with Crippen LogP contribution in [0, 0.1) is 11.7 Å². The molecule has 19 heavy (non-hydrogen) atoms. The summed E-state index contributed by atoms with van der Waals surface area (Å²) < 4.78 is 36.0. The minimum absolute atomic E-state index is 0.0637. The van der Waals surface area contributed by atoms with Crippen molar-refractivity contribution < 1.29 is 17.6 Å². The number of halogens is 1. The Morgan fingerprint density at radius 1 is 1.58 bits per heavy atom. The van der Waals surface area contributed by atoms with Gasteiger partial charge < -0.3 is 11.1 Å². The Kier molecular flexibility index (Phi) is 3.70. The first-order valence-electron chi connectivity index (χ1n) is 5.77. The van der Waals surface area contributed by atoms with E-state index >= 15 is 0 Å². The Morgan fingerprint density at radius 3 is 2.95 bits per heavy atom. The minimum Gasteiger partial charge on any atom is -0.381 e. The van der Waals surface area contributed by atoms with Crippen molar-refractivity contribution in [3.05, 3.63) is 23.6 Å². The second-order valence-electron chi connectivity index (χ2n) is 4.54. The van der Waals surface area contributed by atoms with Crippen molar-refractivity contribution in [2.24, 2.45) is 5.92 Å². The van der Waals surface area contributed by atoms with Gasteiger partial charge in [0.1, 0.15) is 0 Å². The van der Waals surface area contributed by atoms with Crippen molar-refractivity contribution in [2.75, 3.05) is 23.8 Å². The lowest BCUT2D eigenvalue weighted by molar-refractivity contribution is 0.0944. The first kappa shape index (κ1) is 13.7. The van der Waals surface area contributed by atoms with Gasteiger partial charge in [0.25, 0.3) is 5.91 Å². The van der Waals surface area contributed by atoms with E-state index in [9.17, 15) is 17.6 Å². The molecule has 2 heterocycles. The van der Waals surface area contributed by atoms with E-state index < -0.39 is 21.6 Å². The number of sulfone groups is 1. The van der Waals surface area contributed by atoms with Crippen molar-refractivity contribution in [2.45, 2.75) is 6.42 Å². The Bertz CT molecular complexity index is 603. The van der Waals surface area contributed by atoms with E-state index in [2.05, 4.69) is 10.3 Å². The number of amides is 1. The number of carbonyl (C=O) groups is 1. The summed E-state index contributed by atoms with van der Waals surface area (Å²) in [5.74, 6) is -1.72. The van der Waals surface area contributed by atoms with Crippen LogP contribution in [0.5, 0.6) is 0 Å². The average molecular weight is 287 g/mol. The fraction of sp³-hybridized carbons (Fsp3) is 0.455. The molecular formula is C11H14FN3O3S. The standard InChI is InChI=1S/C11H14FN3O3S/c12-9-8(1-3-14-10(9)13)11(16)15-5-7-2-4-19(17,18)6-7/h1,3,7H,2,4-6H2,(H2,13,14)(H,15,16). The van der Waals surface area contributed by atoms with Crippen LogP contribution in [0.25, 0.3) is 0 Å². The zero-order chi connectivity index (χ0) is 14.0. The molecule has 104 valence electrons. The predicted molar refractivity (Wildman–Crippen MR) is 67.7 cm³/mol. The fourth-order valence-corrected chi connectivity index (χ4v) is 3.86. The molecule has 8 heteroatoms. The average Bonchev–Trinajstić information content (AvgIpc) is 2.69. The third kappa shape index (κ3) is 3.19. The van der Waals surface area contributed by atoms with Crippen LogP contribution in [-0.2, 0) is 9.84 Å². The van der Waals surface area contributed by atoms with Crippen LogP contribution in [0.15, 0.2) is 12.3 Å². The van der Waals surface area contributed by atoms with Gasteiger partial charge in [0.2, 0.25) is 0 Å². The van der Waals surface area contributed by atoms with Gasteiger partial charge in [-0.15, -0.1) is 0 Å². The van der Waals surface area contributed by atoms with Crippen LogP contribution in [-0.4, -0.2) is 37.4 Å². The maximum absolute atomic E-state index is 13.5. The molecule has 0 aliphatic carbocycles. The summed E-state index contributed by atoms with van der Waals surface area (Å²) in [4.78, 5) is 15.3. The first-order chi connectivity index (χ1) is 8.89. The summed E-state index contributed by atoms with van der Waals surface area (Å²) >= 11 is 0. The Hall–Kier alpha value is -1.70. The van der Waals surface area contributed by atoms with Gasteiger partial charge >= 0.3 is 0 Å². The highest BCUT2D eigenvalue weighted by Gasteiger charge is 2.28. The number of anilines is 1. The van der Waals surface area contributed by atoms with Crippen LogP contribution in [0.3, 0.4) is 0 Å². The summed E-state index contributed by atoms with van der Waals surface area (Å²) in [6.45, 7) is 0.208. The highest BCUT2D eigenvalue weighted by Crippen LogP contribution is 2.18. The number of aromatic nitrogens is 1. The molecule has 1 aromatic heterocycles. The van der Waals surface area contributed by atoms with Crippen molar-refractivity contribution in [1.29, 1.82) is 0 Å². The third-order valence-electron chi connectivity index (χ3n) is 3.04. The van der Waals surface area contributed by atoms with E-state index in [0.29, 0.717) is 6.42 Å². The number of pyridine rings is 1. The number of nitrogens with zero attached hydrogens (tertiary/aromatic N) is 1. The molecule has 0 saturated carbocycles. The van der Waals surface area contributed by atoms with Gasteiger partial charge in [-0.05, 0) is 18.4 Å². The molecule has 6 nitrogen and oxygen atoms in total. The molecule has 1 atom stereocenters. The zero-order valence-corrected chi connectivity index (χ0v) is 10.9. The van der Waals surface area contributed by atoms with Gasteiger partial charge in [-0.25, -0.2) is 17.8 Å². The molecule has 1 amide bonds. The number of rotatable bonds is 3. The molecule has 1 unspecified atom stereocenters. The molecule has 1 aliphatic heterocycles. The van der Waals surface area contributed by atoms with Crippen LogP contribution in [0.4, 0.5) is 10.2 Å². The van der Waals surface area contributed by atoms with Crippen molar-refractivity contribution in [3.8, 4) is 0 Å². The van der Waals surface area contributed by atoms with Crippen molar-refractivity contribution in [3.63, 3.8) is 0 Å². The lowest BCUT2D eigenvalue weighted by Crippen LogP contribution is -2.30. The molecule has 0 radical (unpaired) electrons. The second kappa shape index (κ2) is 5.12. The smallest absolute Gasteiger partial charge is 0.254 e. The Labute approximate surface area is 110 Å². The van der Waals surface area contributed by atoms with Crippen LogP contribution >= 0.6 is 0 Å². The third-order valence-corrected chi connectivity index (χ3v) is 4.88. The number of carbonyl (C=O) groups excluding carboxylic acids is 1. The molecule has 1 aliphatic rings. The van der Waals surface area contributed by atoms with E-state index in [0.717, 1.165) is 0 Å². The van der Waals surface area contributed by atoms with E-state index in [1.807, 2.05) is 0 Å². The topological polar surface area (TPSA) is 102 Å². The summed E-state index contributed by atoms with van der Waals surface area (Å²) in [5.41, 5.74) is 5.08. The van der Waals surface area contributed by atoms with E-state index in [1.165, 1.54) is 12.3 Å².